The van der Waals surface area contributed by atoms with E-state index in [9.17, 15) is 9.90 Å². The van der Waals surface area contributed by atoms with Crippen LogP contribution in [-0.2, 0) is 10.4 Å². The molecule has 0 fully saturated rings. The molecule has 3 rings (SSSR count). The number of hydrogen-bond acceptors (Lipinski definition) is 4. The molecule has 1 aromatic carbocycles. The zero-order chi connectivity index (χ0) is 18.0. The molecule has 6 nitrogen and oxygen atoms in total. The van der Waals surface area contributed by atoms with Crippen molar-refractivity contribution in [2.24, 2.45) is 0 Å². The number of rotatable bonds is 4. The van der Waals surface area contributed by atoms with E-state index in [0.717, 1.165) is 11.4 Å². The van der Waals surface area contributed by atoms with Gasteiger partial charge in [-0.3, -0.25) is 9.78 Å². The van der Waals surface area contributed by atoms with E-state index in [-0.39, 0.29) is 0 Å². The number of nitrogens with one attached hydrogen (secondary N) is 1. The Labute approximate surface area is 150 Å². The van der Waals surface area contributed by atoms with Gasteiger partial charge in [0.15, 0.2) is 5.60 Å². The van der Waals surface area contributed by atoms with E-state index in [1.54, 1.807) is 47.5 Å². The molecule has 1 amide bonds. The van der Waals surface area contributed by atoms with E-state index in [0.29, 0.717) is 16.3 Å². The normalized spacial score (nSPS) is 13.3. The standard InChI is InChI=1S/C18H17ClN4O2/c1-12-16(11-21-23(12)15-7-9-20-10-8-15)22-17(24)18(2,25)13-3-5-14(19)6-4-13/h3-11,25H,1-2H3,(H,22,24). The SMILES string of the molecule is Cc1c(NC(=O)C(C)(O)c2ccc(Cl)cc2)cnn1-c1ccncc1. The summed E-state index contributed by atoms with van der Waals surface area (Å²) in [5.41, 5.74) is 0.851. The van der Waals surface area contributed by atoms with E-state index < -0.39 is 11.5 Å². The van der Waals surface area contributed by atoms with Gasteiger partial charge in [0.2, 0.25) is 0 Å². The number of aliphatic hydroxyl groups is 1. The van der Waals surface area contributed by atoms with Gasteiger partial charge in [-0.25, -0.2) is 4.68 Å². The molecule has 0 aliphatic heterocycles. The first-order valence-electron chi connectivity index (χ1n) is 7.64. The lowest BCUT2D eigenvalue weighted by Gasteiger charge is -2.22. The Bertz CT molecular complexity index is 889. The van der Waals surface area contributed by atoms with E-state index in [2.05, 4.69) is 15.4 Å². The van der Waals surface area contributed by atoms with Crippen molar-refractivity contribution < 1.29 is 9.90 Å². The summed E-state index contributed by atoms with van der Waals surface area (Å²) in [5.74, 6) is -0.549. The average Bonchev–Trinajstić information content (AvgIpc) is 2.96. The number of aromatic nitrogens is 3. The predicted molar refractivity (Wildman–Crippen MR) is 95.7 cm³/mol. The number of anilines is 1. The van der Waals surface area contributed by atoms with E-state index in [1.165, 1.54) is 6.92 Å². The van der Waals surface area contributed by atoms with Crippen LogP contribution in [0.1, 0.15) is 18.2 Å². The van der Waals surface area contributed by atoms with Gasteiger partial charge in [0, 0.05) is 17.4 Å². The third-order valence-corrected chi connectivity index (χ3v) is 4.27. The molecule has 2 aromatic heterocycles. The van der Waals surface area contributed by atoms with Gasteiger partial charge in [0.05, 0.1) is 23.3 Å². The summed E-state index contributed by atoms with van der Waals surface area (Å²) >= 11 is 5.86. The second kappa shape index (κ2) is 6.66. The minimum Gasteiger partial charge on any atom is -0.376 e. The molecule has 7 heteroatoms. The van der Waals surface area contributed by atoms with E-state index in [1.807, 2.05) is 19.1 Å². The summed E-state index contributed by atoms with van der Waals surface area (Å²) in [6.07, 6.45) is 4.88. The zero-order valence-electron chi connectivity index (χ0n) is 13.8. The molecular weight excluding hydrogens is 340 g/mol. The molecule has 1 unspecified atom stereocenters. The second-order valence-electron chi connectivity index (χ2n) is 5.79. The number of pyridine rings is 1. The largest absolute Gasteiger partial charge is 0.376 e. The third kappa shape index (κ3) is 3.40. The maximum Gasteiger partial charge on any atom is 0.260 e. The van der Waals surface area contributed by atoms with Crippen LogP contribution in [0.3, 0.4) is 0 Å². The summed E-state index contributed by atoms with van der Waals surface area (Å²) in [5, 5.41) is 18.2. The van der Waals surface area contributed by atoms with Crippen molar-refractivity contribution in [3.05, 3.63) is 71.3 Å². The van der Waals surface area contributed by atoms with Gasteiger partial charge in [-0.1, -0.05) is 23.7 Å². The minimum absolute atomic E-state index is 0.452. The van der Waals surface area contributed by atoms with Gasteiger partial charge in [0.25, 0.3) is 5.91 Å². The molecule has 2 heterocycles. The van der Waals surface area contributed by atoms with Crippen LogP contribution in [0, 0.1) is 6.92 Å². The molecule has 0 radical (unpaired) electrons. The number of hydrogen-bond donors (Lipinski definition) is 2. The highest BCUT2D eigenvalue weighted by Gasteiger charge is 2.33. The highest BCUT2D eigenvalue weighted by molar-refractivity contribution is 6.30. The molecule has 25 heavy (non-hydrogen) atoms. The van der Waals surface area contributed by atoms with Crippen LogP contribution in [0.15, 0.2) is 55.0 Å². The summed E-state index contributed by atoms with van der Waals surface area (Å²) < 4.78 is 1.69. The van der Waals surface area contributed by atoms with Crippen LogP contribution in [0.4, 0.5) is 5.69 Å². The van der Waals surface area contributed by atoms with Crippen molar-refractivity contribution in [3.63, 3.8) is 0 Å². The number of carbonyl (C=O) groups excluding carboxylic acids is 1. The molecule has 128 valence electrons. The van der Waals surface area contributed by atoms with Crippen molar-refractivity contribution >= 4 is 23.2 Å². The highest BCUT2D eigenvalue weighted by Crippen LogP contribution is 2.25. The molecule has 0 aliphatic carbocycles. The van der Waals surface area contributed by atoms with Crippen LogP contribution in [-0.4, -0.2) is 25.8 Å². The maximum absolute atomic E-state index is 12.6. The monoisotopic (exact) mass is 356 g/mol. The Balaban J connectivity index is 1.84. The van der Waals surface area contributed by atoms with Crippen molar-refractivity contribution in [1.82, 2.24) is 14.8 Å². The zero-order valence-corrected chi connectivity index (χ0v) is 14.5. The molecular formula is C18H17ClN4O2. The first-order chi connectivity index (χ1) is 11.9. The summed E-state index contributed by atoms with van der Waals surface area (Å²) in [6.45, 7) is 3.27. The molecule has 3 aromatic rings. The van der Waals surface area contributed by atoms with Crippen molar-refractivity contribution in [2.75, 3.05) is 5.32 Å². The van der Waals surface area contributed by atoms with Crippen molar-refractivity contribution in [2.45, 2.75) is 19.4 Å². The van der Waals surface area contributed by atoms with Gasteiger partial charge in [-0.15, -0.1) is 0 Å². The minimum atomic E-state index is -1.70. The first-order valence-corrected chi connectivity index (χ1v) is 8.02. The third-order valence-electron chi connectivity index (χ3n) is 4.01. The van der Waals surface area contributed by atoms with E-state index >= 15 is 0 Å². The summed E-state index contributed by atoms with van der Waals surface area (Å²) in [6, 6.07) is 10.1. The highest BCUT2D eigenvalue weighted by atomic mass is 35.5. The number of halogens is 1. The smallest absolute Gasteiger partial charge is 0.260 e. The Morgan fingerprint density at radius 1 is 1.20 bits per heavy atom. The Hall–Kier alpha value is -2.70. The molecule has 1 atom stereocenters. The molecule has 0 aliphatic rings. The number of benzene rings is 1. The lowest BCUT2D eigenvalue weighted by atomic mass is 9.95. The first kappa shape index (κ1) is 17.1. The lowest BCUT2D eigenvalue weighted by Crippen LogP contribution is -2.37. The van der Waals surface area contributed by atoms with Gasteiger partial charge in [-0.05, 0) is 43.7 Å². The quantitative estimate of drug-likeness (QED) is 0.752. The number of carbonyl (C=O) groups is 1. The maximum atomic E-state index is 12.6. The van der Waals surface area contributed by atoms with Crippen molar-refractivity contribution in [1.29, 1.82) is 0 Å². The lowest BCUT2D eigenvalue weighted by molar-refractivity contribution is -0.133. The summed E-state index contributed by atoms with van der Waals surface area (Å²) in [7, 11) is 0. The number of amides is 1. The van der Waals surface area contributed by atoms with Crippen LogP contribution < -0.4 is 5.32 Å². The fraction of sp³-hybridized carbons (Fsp3) is 0.167. The van der Waals surface area contributed by atoms with Gasteiger partial charge < -0.3 is 10.4 Å². The fourth-order valence-electron chi connectivity index (χ4n) is 2.43. The van der Waals surface area contributed by atoms with Crippen LogP contribution in [0.5, 0.6) is 0 Å². The van der Waals surface area contributed by atoms with Crippen LogP contribution >= 0.6 is 11.6 Å². The molecule has 0 bridgehead atoms. The average molecular weight is 357 g/mol. The Kier molecular flexibility index (Phi) is 4.57. The number of nitrogens with zero attached hydrogens (tertiary/aromatic N) is 3. The Morgan fingerprint density at radius 3 is 2.48 bits per heavy atom. The topological polar surface area (TPSA) is 80.0 Å². The van der Waals surface area contributed by atoms with Gasteiger partial charge in [-0.2, -0.15) is 5.10 Å². The van der Waals surface area contributed by atoms with Crippen LogP contribution in [0.2, 0.25) is 5.02 Å². The molecule has 0 spiro atoms. The van der Waals surface area contributed by atoms with Gasteiger partial charge >= 0.3 is 0 Å². The predicted octanol–water partition coefficient (Wildman–Crippen LogP) is 3.08. The Morgan fingerprint density at radius 2 is 1.84 bits per heavy atom. The molecule has 0 saturated carbocycles. The molecule has 2 N–H and O–H groups in total. The van der Waals surface area contributed by atoms with Crippen molar-refractivity contribution in [3.8, 4) is 5.69 Å². The fourth-order valence-corrected chi connectivity index (χ4v) is 2.55. The second-order valence-corrected chi connectivity index (χ2v) is 6.23. The van der Waals surface area contributed by atoms with Gasteiger partial charge in [0.1, 0.15) is 0 Å². The summed E-state index contributed by atoms with van der Waals surface area (Å²) in [4.78, 5) is 16.6. The molecule has 0 saturated heterocycles. The van der Waals surface area contributed by atoms with Crippen LogP contribution in [0.25, 0.3) is 5.69 Å². The van der Waals surface area contributed by atoms with E-state index in [4.69, 9.17) is 11.6 Å².